The lowest BCUT2D eigenvalue weighted by molar-refractivity contribution is -0.132. The van der Waals surface area contributed by atoms with E-state index in [1.165, 1.54) is 0 Å². The van der Waals surface area contributed by atoms with Gasteiger partial charge in [0, 0.05) is 11.5 Å². The van der Waals surface area contributed by atoms with Crippen molar-refractivity contribution in [2.75, 3.05) is 14.2 Å². The van der Waals surface area contributed by atoms with Crippen LogP contribution in [0, 0.1) is 0 Å². The van der Waals surface area contributed by atoms with Gasteiger partial charge < -0.3 is 14.6 Å². The molecule has 0 bridgehead atoms. The molecule has 0 aliphatic carbocycles. The first-order chi connectivity index (χ1) is 11.0. The standard InChI is InChI=1S/C19H20O4/c1-13(19(20)21)12-18(14-4-8-16(22-2)9-5-14)15-6-10-17(23-3)11-7-15/h4-12,18H,1-3H3,(H,20,21). The van der Waals surface area contributed by atoms with Crippen LogP contribution in [0.5, 0.6) is 11.5 Å². The largest absolute Gasteiger partial charge is 0.497 e. The third kappa shape index (κ3) is 4.13. The number of ether oxygens (including phenoxy) is 2. The number of aliphatic carboxylic acids is 1. The van der Waals surface area contributed by atoms with Gasteiger partial charge in [0.1, 0.15) is 11.5 Å². The molecule has 0 aromatic heterocycles. The summed E-state index contributed by atoms with van der Waals surface area (Å²) < 4.78 is 10.4. The third-order valence-electron chi connectivity index (χ3n) is 3.70. The molecule has 2 aromatic rings. The van der Waals surface area contributed by atoms with Crippen molar-refractivity contribution >= 4 is 5.97 Å². The Morgan fingerprint density at radius 3 is 1.61 bits per heavy atom. The van der Waals surface area contributed by atoms with Crippen molar-refractivity contribution in [3.05, 3.63) is 71.3 Å². The number of allylic oxidation sites excluding steroid dienone is 1. The molecule has 2 rings (SSSR count). The summed E-state index contributed by atoms with van der Waals surface area (Å²) >= 11 is 0. The first-order valence-electron chi connectivity index (χ1n) is 7.24. The summed E-state index contributed by atoms with van der Waals surface area (Å²) in [7, 11) is 3.23. The Hall–Kier alpha value is -2.75. The van der Waals surface area contributed by atoms with Crippen LogP contribution in [-0.4, -0.2) is 25.3 Å². The summed E-state index contributed by atoms with van der Waals surface area (Å²) in [5.74, 6) is 0.460. The van der Waals surface area contributed by atoms with E-state index in [2.05, 4.69) is 0 Å². The second kappa shape index (κ2) is 7.49. The molecule has 0 spiro atoms. The number of benzene rings is 2. The van der Waals surface area contributed by atoms with E-state index in [1.54, 1.807) is 27.2 Å². The molecule has 0 heterocycles. The van der Waals surface area contributed by atoms with Crippen molar-refractivity contribution in [2.24, 2.45) is 0 Å². The van der Waals surface area contributed by atoms with Gasteiger partial charge >= 0.3 is 5.97 Å². The fourth-order valence-electron chi connectivity index (χ4n) is 2.33. The summed E-state index contributed by atoms with van der Waals surface area (Å²) in [6.45, 7) is 1.60. The second-order valence-corrected chi connectivity index (χ2v) is 5.18. The average molecular weight is 312 g/mol. The zero-order chi connectivity index (χ0) is 16.8. The van der Waals surface area contributed by atoms with Crippen LogP contribution in [0.2, 0.25) is 0 Å². The monoisotopic (exact) mass is 312 g/mol. The van der Waals surface area contributed by atoms with Gasteiger partial charge in [-0.25, -0.2) is 4.79 Å². The van der Waals surface area contributed by atoms with Crippen molar-refractivity contribution in [2.45, 2.75) is 12.8 Å². The van der Waals surface area contributed by atoms with Gasteiger partial charge in [-0.05, 0) is 42.3 Å². The lowest BCUT2D eigenvalue weighted by Crippen LogP contribution is -2.03. The smallest absolute Gasteiger partial charge is 0.330 e. The highest BCUT2D eigenvalue weighted by Crippen LogP contribution is 2.30. The molecule has 120 valence electrons. The van der Waals surface area contributed by atoms with Crippen LogP contribution in [0.1, 0.15) is 24.0 Å². The molecular weight excluding hydrogens is 292 g/mol. The molecule has 23 heavy (non-hydrogen) atoms. The van der Waals surface area contributed by atoms with Crippen LogP contribution < -0.4 is 9.47 Å². The van der Waals surface area contributed by atoms with Gasteiger partial charge in [0.15, 0.2) is 0 Å². The molecule has 2 aromatic carbocycles. The van der Waals surface area contributed by atoms with Gasteiger partial charge in [-0.1, -0.05) is 30.3 Å². The SMILES string of the molecule is COc1ccc(C(C=C(C)C(=O)O)c2ccc(OC)cc2)cc1. The van der Waals surface area contributed by atoms with Gasteiger partial charge in [0.05, 0.1) is 14.2 Å². The summed E-state index contributed by atoms with van der Waals surface area (Å²) in [6.07, 6.45) is 1.76. The minimum Gasteiger partial charge on any atom is -0.497 e. The number of carboxylic acid groups (broad SMARTS) is 1. The zero-order valence-corrected chi connectivity index (χ0v) is 13.4. The molecule has 4 nitrogen and oxygen atoms in total. The Morgan fingerprint density at radius 2 is 1.30 bits per heavy atom. The number of methoxy groups -OCH3 is 2. The summed E-state index contributed by atoms with van der Waals surface area (Å²) in [6, 6.07) is 15.3. The van der Waals surface area contributed by atoms with Gasteiger partial charge in [-0.2, -0.15) is 0 Å². The minimum absolute atomic E-state index is 0.150. The topological polar surface area (TPSA) is 55.8 Å². The first-order valence-corrected chi connectivity index (χ1v) is 7.24. The van der Waals surface area contributed by atoms with Crippen molar-refractivity contribution in [3.63, 3.8) is 0 Å². The second-order valence-electron chi connectivity index (χ2n) is 5.18. The van der Waals surface area contributed by atoms with Crippen LogP contribution in [0.4, 0.5) is 0 Å². The third-order valence-corrected chi connectivity index (χ3v) is 3.70. The molecule has 0 atom stereocenters. The minimum atomic E-state index is -0.919. The molecule has 0 radical (unpaired) electrons. The van der Waals surface area contributed by atoms with Crippen LogP contribution in [-0.2, 0) is 4.79 Å². The maximum absolute atomic E-state index is 11.2. The Bertz CT molecular complexity index is 637. The van der Waals surface area contributed by atoms with Gasteiger partial charge in [-0.15, -0.1) is 0 Å². The molecule has 4 heteroatoms. The lowest BCUT2D eigenvalue weighted by atomic mass is 9.89. The van der Waals surface area contributed by atoms with Crippen molar-refractivity contribution in [1.29, 1.82) is 0 Å². The maximum atomic E-state index is 11.2. The summed E-state index contributed by atoms with van der Waals surface area (Å²) in [5.41, 5.74) is 2.30. The number of carboxylic acids is 1. The van der Waals surface area contributed by atoms with Gasteiger partial charge in [-0.3, -0.25) is 0 Å². The lowest BCUT2D eigenvalue weighted by Gasteiger charge is -2.16. The number of hydrogen-bond donors (Lipinski definition) is 1. The highest BCUT2D eigenvalue weighted by Gasteiger charge is 2.14. The van der Waals surface area contributed by atoms with E-state index in [1.807, 2.05) is 48.5 Å². The maximum Gasteiger partial charge on any atom is 0.330 e. The molecule has 0 aliphatic heterocycles. The molecule has 1 N–H and O–H groups in total. The Balaban J connectivity index is 2.45. The van der Waals surface area contributed by atoms with Crippen molar-refractivity contribution < 1.29 is 19.4 Å². The Labute approximate surface area is 136 Å². The van der Waals surface area contributed by atoms with Gasteiger partial charge in [0.25, 0.3) is 0 Å². The van der Waals surface area contributed by atoms with Crippen LogP contribution in [0.3, 0.4) is 0 Å². The normalized spacial score (nSPS) is 11.4. The van der Waals surface area contributed by atoms with Crippen LogP contribution >= 0.6 is 0 Å². The number of hydrogen-bond acceptors (Lipinski definition) is 3. The quantitative estimate of drug-likeness (QED) is 0.823. The van der Waals surface area contributed by atoms with Crippen LogP contribution in [0.25, 0.3) is 0 Å². The highest BCUT2D eigenvalue weighted by atomic mass is 16.5. The zero-order valence-electron chi connectivity index (χ0n) is 13.4. The predicted molar refractivity (Wildman–Crippen MR) is 89.2 cm³/mol. The van der Waals surface area contributed by atoms with E-state index < -0.39 is 5.97 Å². The molecule has 0 aliphatic rings. The fourth-order valence-corrected chi connectivity index (χ4v) is 2.33. The summed E-state index contributed by atoms with van der Waals surface area (Å²) in [4.78, 5) is 11.2. The predicted octanol–water partition coefficient (Wildman–Crippen LogP) is 3.87. The molecule has 0 saturated carbocycles. The van der Waals surface area contributed by atoms with E-state index in [0.29, 0.717) is 5.57 Å². The van der Waals surface area contributed by atoms with Crippen molar-refractivity contribution in [3.8, 4) is 11.5 Å². The van der Waals surface area contributed by atoms with E-state index in [9.17, 15) is 9.90 Å². The van der Waals surface area contributed by atoms with E-state index >= 15 is 0 Å². The molecule has 0 fully saturated rings. The highest BCUT2D eigenvalue weighted by molar-refractivity contribution is 5.86. The van der Waals surface area contributed by atoms with E-state index in [0.717, 1.165) is 22.6 Å². The van der Waals surface area contributed by atoms with Gasteiger partial charge in [0.2, 0.25) is 0 Å². The number of carbonyl (C=O) groups is 1. The molecule has 0 amide bonds. The fraction of sp³-hybridized carbons (Fsp3) is 0.211. The Kier molecular flexibility index (Phi) is 5.41. The number of rotatable bonds is 6. The Morgan fingerprint density at radius 1 is 0.913 bits per heavy atom. The molecular formula is C19H20O4. The molecule has 0 saturated heterocycles. The summed E-state index contributed by atoms with van der Waals surface area (Å²) in [5, 5.41) is 9.18. The van der Waals surface area contributed by atoms with Crippen molar-refractivity contribution in [1.82, 2.24) is 0 Å². The van der Waals surface area contributed by atoms with Crippen LogP contribution in [0.15, 0.2) is 60.2 Å². The first kappa shape index (κ1) is 16.6. The van der Waals surface area contributed by atoms with E-state index in [-0.39, 0.29) is 5.92 Å². The average Bonchev–Trinajstić information content (AvgIpc) is 2.59. The molecule has 0 unspecified atom stereocenters. The van der Waals surface area contributed by atoms with E-state index in [4.69, 9.17) is 9.47 Å².